The van der Waals surface area contributed by atoms with Crippen LogP contribution in [0.15, 0.2) is 42.9 Å². The Balaban J connectivity index is 2.27. The maximum Gasteiger partial charge on any atom is 0.145 e. The van der Waals surface area contributed by atoms with Crippen molar-refractivity contribution in [3.8, 4) is 17.0 Å². The largest absolute Gasteiger partial charge is 0.494 e. The monoisotopic (exact) mass is 252 g/mol. The highest BCUT2D eigenvalue weighted by molar-refractivity contribution is 5.96. The molecule has 94 valence electrons. The van der Waals surface area contributed by atoms with Crippen LogP contribution in [0.2, 0.25) is 0 Å². The highest BCUT2D eigenvalue weighted by Crippen LogP contribution is 2.31. The molecular formula is C14H12N4O. The number of nitrogens with zero attached hydrogens (tertiary/aromatic N) is 3. The van der Waals surface area contributed by atoms with Crippen LogP contribution >= 0.6 is 0 Å². The molecule has 0 fully saturated rings. The topological polar surface area (TPSA) is 73.9 Å². The number of methoxy groups -OCH3 is 1. The van der Waals surface area contributed by atoms with Crippen molar-refractivity contribution in [2.45, 2.75) is 0 Å². The number of hydrogen-bond acceptors (Lipinski definition) is 5. The molecule has 1 aromatic carbocycles. The minimum absolute atomic E-state index is 0.402. The van der Waals surface area contributed by atoms with Gasteiger partial charge in [-0.05, 0) is 18.2 Å². The Kier molecular flexibility index (Phi) is 2.72. The van der Waals surface area contributed by atoms with E-state index in [4.69, 9.17) is 10.5 Å². The van der Waals surface area contributed by atoms with Gasteiger partial charge in [0.2, 0.25) is 0 Å². The van der Waals surface area contributed by atoms with E-state index in [1.165, 1.54) is 0 Å². The lowest BCUT2D eigenvalue weighted by Gasteiger charge is -2.09. The third kappa shape index (κ3) is 1.95. The first-order chi connectivity index (χ1) is 9.29. The predicted molar refractivity (Wildman–Crippen MR) is 73.7 cm³/mol. The van der Waals surface area contributed by atoms with Gasteiger partial charge in [0, 0.05) is 17.1 Å². The number of fused-ring (bicyclic) bond motifs is 1. The standard InChI is InChI=1S/C14H12N4O/c1-19-12-5-4-9(10-3-2-6-16-14(10)12)11-7-18-13(15)8-17-11/h2-8H,1H3,(H2,15,18). The van der Waals surface area contributed by atoms with Crippen LogP contribution in [-0.4, -0.2) is 22.1 Å². The molecule has 0 saturated heterocycles. The van der Waals surface area contributed by atoms with Crippen LogP contribution in [0, 0.1) is 0 Å². The van der Waals surface area contributed by atoms with Gasteiger partial charge in [-0.2, -0.15) is 0 Å². The number of nitrogens with two attached hydrogens (primary N) is 1. The smallest absolute Gasteiger partial charge is 0.145 e. The third-order valence-electron chi connectivity index (χ3n) is 2.90. The molecule has 0 bridgehead atoms. The van der Waals surface area contributed by atoms with Crippen molar-refractivity contribution in [1.82, 2.24) is 15.0 Å². The Morgan fingerprint density at radius 1 is 1.05 bits per heavy atom. The average Bonchev–Trinajstić information content (AvgIpc) is 2.47. The molecule has 0 aliphatic rings. The zero-order chi connectivity index (χ0) is 13.2. The van der Waals surface area contributed by atoms with Gasteiger partial charge in [0.15, 0.2) is 0 Å². The molecule has 19 heavy (non-hydrogen) atoms. The van der Waals surface area contributed by atoms with Crippen molar-refractivity contribution in [2.24, 2.45) is 0 Å². The lowest BCUT2D eigenvalue weighted by atomic mass is 10.1. The van der Waals surface area contributed by atoms with Crippen molar-refractivity contribution < 1.29 is 4.74 Å². The van der Waals surface area contributed by atoms with Gasteiger partial charge in [-0.15, -0.1) is 0 Å². The number of benzene rings is 1. The Morgan fingerprint density at radius 3 is 2.68 bits per heavy atom. The van der Waals surface area contributed by atoms with Crippen molar-refractivity contribution in [3.05, 3.63) is 42.9 Å². The first-order valence-corrected chi connectivity index (χ1v) is 5.79. The van der Waals surface area contributed by atoms with Crippen LogP contribution in [0.25, 0.3) is 22.2 Å². The van der Waals surface area contributed by atoms with E-state index in [0.29, 0.717) is 5.82 Å². The molecule has 5 heteroatoms. The lowest BCUT2D eigenvalue weighted by Crippen LogP contribution is -1.94. The molecule has 0 aliphatic heterocycles. The van der Waals surface area contributed by atoms with E-state index in [9.17, 15) is 0 Å². The van der Waals surface area contributed by atoms with Gasteiger partial charge < -0.3 is 10.5 Å². The molecule has 2 heterocycles. The van der Waals surface area contributed by atoms with Gasteiger partial charge in [-0.3, -0.25) is 9.97 Å². The Hall–Kier alpha value is -2.69. The first-order valence-electron chi connectivity index (χ1n) is 5.79. The summed E-state index contributed by atoms with van der Waals surface area (Å²) in [7, 11) is 1.63. The van der Waals surface area contributed by atoms with Crippen LogP contribution in [0.4, 0.5) is 5.82 Å². The number of rotatable bonds is 2. The van der Waals surface area contributed by atoms with Crippen LogP contribution < -0.4 is 10.5 Å². The summed E-state index contributed by atoms with van der Waals surface area (Å²) in [5.41, 5.74) is 8.08. The summed E-state index contributed by atoms with van der Waals surface area (Å²) in [6.45, 7) is 0. The quantitative estimate of drug-likeness (QED) is 0.757. The summed E-state index contributed by atoms with van der Waals surface area (Å²) < 4.78 is 5.32. The van der Waals surface area contributed by atoms with Gasteiger partial charge >= 0.3 is 0 Å². The number of pyridine rings is 1. The van der Waals surface area contributed by atoms with E-state index >= 15 is 0 Å². The molecule has 0 atom stereocenters. The van der Waals surface area contributed by atoms with Gasteiger partial charge in [-0.25, -0.2) is 4.98 Å². The van der Waals surface area contributed by atoms with Crippen LogP contribution in [0.3, 0.4) is 0 Å². The zero-order valence-corrected chi connectivity index (χ0v) is 10.4. The molecular weight excluding hydrogens is 240 g/mol. The Morgan fingerprint density at radius 2 is 1.95 bits per heavy atom. The molecule has 2 aromatic heterocycles. The zero-order valence-electron chi connectivity index (χ0n) is 10.4. The number of nitrogen functional groups attached to an aromatic ring is 1. The fourth-order valence-corrected chi connectivity index (χ4v) is 2.01. The van der Waals surface area contributed by atoms with E-state index in [2.05, 4.69) is 15.0 Å². The SMILES string of the molecule is COc1ccc(-c2cnc(N)cn2)c2cccnc12. The van der Waals surface area contributed by atoms with E-state index in [0.717, 1.165) is 27.9 Å². The molecule has 0 saturated carbocycles. The maximum atomic E-state index is 5.56. The Bertz CT molecular complexity index is 725. The molecule has 0 aliphatic carbocycles. The van der Waals surface area contributed by atoms with Gasteiger partial charge in [0.05, 0.1) is 25.2 Å². The van der Waals surface area contributed by atoms with E-state index in [1.54, 1.807) is 25.7 Å². The van der Waals surface area contributed by atoms with E-state index in [1.807, 2.05) is 24.3 Å². The summed E-state index contributed by atoms with van der Waals surface area (Å²) in [5, 5.41) is 0.973. The number of ether oxygens (including phenoxy) is 1. The minimum atomic E-state index is 0.402. The molecule has 0 spiro atoms. The van der Waals surface area contributed by atoms with Crippen LogP contribution in [0.1, 0.15) is 0 Å². The second kappa shape index (κ2) is 4.53. The minimum Gasteiger partial charge on any atom is -0.494 e. The third-order valence-corrected chi connectivity index (χ3v) is 2.90. The fraction of sp³-hybridized carbons (Fsp3) is 0.0714. The highest BCUT2D eigenvalue weighted by Gasteiger charge is 2.09. The van der Waals surface area contributed by atoms with Crippen LogP contribution in [-0.2, 0) is 0 Å². The van der Waals surface area contributed by atoms with E-state index in [-0.39, 0.29) is 0 Å². The molecule has 2 N–H and O–H groups in total. The predicted octanol–water partition coefficient (Wildman–Crippen LogP) is 2.28. The van der Waals surface area contributed by atoms with Gasteiger partial charge in [0.1, 0.15) is 17.1 Å². The molecule has 3 aromatic rings. The molecule has 5 nitrogen and oxygen atoms in total. The normalized spacial score (nSPS) is 10.6. The van der Waals surface area contributed by atoms with Crippen molar-refractivity contribution in [3.63, 3.8) is 0 Å². The summed E-state index contributed by atoms with van der Waals surface area (Å²) in [4.78, 5) is 12.7. The average molecular weight is 252 g/mol. The molecule has 0 amide bonds. The number of anilines is 1. The number of hydrogen-bond donors (Lipinski definition) is 1. The molecule has 0 unspecified atom stereocenters. The summed E-state index contributed by atoms with van der Waals surface area (Å²) in [5.74, 6) is 1.14. The summed E-state index contributed by atoms with van der Waals surface area (Å²) in [6.07, 6.45) is 4.94. The second-order valence-electron chi connectivity index (χ2n) is 4.04. The second-order valence-corrected chi connectivity index (χ2v) is 4.04. The maximum absolute atomic E-state index is 5.56. The van der Waals surface area contributed by atoms with Crippen molar-refractivity contribution in [2.75, 3.05) is 12.8 Å². The van der Waals surface area contributed by atoms with Crippen molar-refractivity contribution in [1.29, 1.82) is 0 Å². The Labute approximate surface area is 110 Å². The summed E-state index contributed by atoms with van der Waals surface area (Å²) in [6, 6.07) is 7.69. The summed E-state index contributed by atoms with van der Waals surface area (Å²) >= 11 is 0. The molecule has 0 radical (unpaired) electrons. The fourth-order valence-electron chi connectivity index (χ4n) is 2.01. The van der Waals surface area contributed by atoms with Crippen molar-refractivity contribution >= 4 is 16.7 Å². The van der Waals surface area contributed by atoms with Gasteiger partial charge in [0.25, 0.3) is 0 Å². The number of aromatic nitrogens is 3. The van der Waals surface area contributed by atoms with E-state index < -0.39 is 0 Å². The highest BCUT2D eigenvalue weighted by atomic mass is 16.5. The lowest BCUT2D eigenvalue weighted by molar-refractivity contribution is 0.419. The molecule has 3 rings (SSSR count). The first kappa shape index (κ1) is 11.4. The van der Waals surface area contributed by atoms with Crippen LogP contribution in [0.5, 0.6) is 5.75 Å². The van der Waals surface area contributed by atoms with Gasteiger partial charge in [-0.1, -0.05) is 6.07 Å².